The van der Waals surface area contributed by atoms with Gasteiger partial charge in [0.1, 0.15) is 12.0 Å². The zero-order valence-corrected chi connectivity index (χ0v) is 10.1. The van der Waals surface area contributed by atoms with Gasteiger partial charge in [-0.05, 0) is 19.3 Å². The summed E-state index contributed by atoms with van der Waals surface area (Å²) in [7, 11) is 0. The first-order chi connectivity index (χ1) is 7.15. The first kappa shape index (κ1) is 12.1. The molecule has 1 unspecified atom stereocenters. The van der Waals surface area contributed by atoms with Gasteiger partial charge >= 0.3 is 0 Å². The molecule has 15 heavy (non-hydrogen) atoms. The molecule has 1 rings (SSSR count). The fourth-order valence-corrected chi connectivity index (χ4v) is 1.30. The average Bonchev–Trinajstić information content (AvgIpc) is 2.22. The third-order valence-corrected chi connectivity index (χ3v) is 2.66. The Morgan fingerprint density at radius 2 is 2.27 bits per heavy atom. The second kappa shape index (κ2) is 5.81. The molecule has 0 aliphatic heterocycles. The van der Waals surface area contributed by atoms with Gasteiger partial charge in [-0.25, -0.2) is 9.97 Å². The van der Waals surface area contributed by atoms with Crippen LogP contribution in [0.2, 0.25) is 5.15 Å². The molecule has 1 heterocycles. The molecule has 1 atom stereocenters. The highest BCUT2D eigenvalue weighted by molar-refractivity contribution is 6.31. The Hall–Kier alpha value is -0.960. The van der Waals surface area contributed by atoms with E-state index in [1.807, 2.05) is 13.1 Å². The minimum atomic E-state index is 0.419. The summed E-state index contributed by atoms with van der Waals surface area (Å²) in [6, 6.07) is 0. The van der Waals surface area contributed by atoms with Crippen molar-refractivity contribution in [3.8, 4) is 0 Å². The van der Waals surface area contributed by atoms with Crippen molar-refractivity contribution >= 4 is 23.5 Å². The number of aliphatic imine (C=N–C) groups is 1. The van der Waals surface area contributed by atoms with Crippen LogP contribution in [0.5, 0.6) is 0 Å². The fourth-order valence-electron chi connectivity index (χ4n) is 1.08. The molecule has 0 saturated carbocycles. The van der Waals surface area contributed by atoms with E-state index >= 15 is 0 Å². The van der Waals surface area contributed by atoms with Gasteiger partial charge < -0.3 is 0 Å². The van der Waals surface area contributed by atoms with Crippen molar-refractivity contribution in [2.24, 2.45) is 10.9 Å². The van der Waals surface area contributed by atoms with Crippen molar-refractivity contribution in [3.05, 3.63) is 17.2 Å². The highest BCUT2D eigenvalue weighted by atomic mass is 35.5. The van der Waals surface area contributed by atoms with Crippen LogP contribution in [0.15, 0.2) is 11.3 Å². The van der Waals surface area contributed by atoms with Crippen molar-refractivity contribution in [3.63, 3.8) is 0 Å². The average molecular weight is 226 g/mol. The molecule has 0 N–H and O–H groups in total. The largest absolute Gasteiger partial charge is 0.256 e. The molecule has 4 heteroatoms. The number of nitrogens with zero attached hydrogens (tertiary/aromatic N) is 3. The van der Waals surface area contributed by atoms with Crippen molar-refractivity contribution in [2.75, 3.05) is 0 Å². The van der Waals surface area contributed by atoms with Crippen LogP contribution in [0.25, 0.3) is 0 Å². The van der Waals surface area contributed by atoms with Gasteiger partial charge in [0.25, 0.3) is 0 Å². The Morgan fingerprint density at radius 3 is 2.87 bits per heavy atom. The Labute approximate surface area is 95.6 Å². The van der Waals surface area contributed by atoms with Crippen molar-refractivity contribution in [1.29, 1.82) is 0 Å². The predicted octanol–water partition coefficient (Wildman–Crippen LogP) is 3.58. The lowest BCUT2D eigenvalue weighted by atomic mass is 10.1. The van der Waals surface area contributed by atoms with Gasteiger partial charge in [0.2, 0.25) is 0 Å². The first-order valence-corrected chi connectivity index (χ1v) is 5.52. The zero-order chi connectivity index (χ0) is 11.3. The minimum Gasteiger partial charge on any atom is -0.256 e. The Balaban J connectivity index is 2.72. The van der Waals surface area contributed by atoms with Crippen LogP contribution in [0.1, 0.15) is 32.4 Å². The van der Waals surface area contributed by atoms with Gasteiger partial charge in [-0.2, -0.15) is 0 Å². The highest BCUT2D eigenvalue weighted by Crippen LogP contribution is 2.24. The summed E-state index contributed by atoms with van der Waals surface area (Å²) in [5.41, 5.74) is 1.50. The molecule has 1 aromatic heterocycles. The molecule has 0 bridgehead atoms. The van der Waals surface area contributed by atoms with Crippen molar-refractivity contribution < 1.29 is 0 Å². The zero-order valence-electron chi connectivity index (χ0n) is 9.37. The van der Waals surface area contributed by atoms with Crippen LogP contribution < -0.4 is 0 Å². The summed E-state index contributed by atoms with van der Waals surface area (Å²) in [6.45, 7) is 6.24. The SMILES string of the molecule is CCC(C)CC=Nc1c(C)ncnc1Cl. The van der Waals surface area contributed by atoms with Gasteiger partial charge in [0.15, 0.2) is 5.15 Å². The quantitative estimate of drug-likeness (QED) is 0.580. The monoisotopic (exact) mass is 225 g/mol. The van der Waals surface area contributed by atoms with E-state index in [2.05, 4.69) is 28.8 Å². The lowest BCUT2D eigenvalue weighted by Gasteiger charge is -2.03. The lowest BCUT2D eigenvalue weighted by Crippen LogP contribution is -1.92. The number of rotatable bonds is 4. The van der Waals surface area contributed by atoms with E-state index in [-0.39, 0.29) is 0 Å². The molecule has 0 aliphatic rings. The summed E-state index contributed by atoms with van der Waals surface area (Å²) in [4.78, 5) is 12.3. The predicted molar refractivity (Wildman–Crippen MR) is 64.0 cm³/mol. The molecule has 0 radical (unpaired) electrons. The molecule has 0 aromatic carbocycles. The normalized spacial score (nSPS) is 13.3. The molecule has 0 aliphatic carbocycles. The molecule has 3 nitrogen and oxygen atoms in total. The first-order valence-electron chi connectivity index (χ1n) is 5.14. The minimum absolute atomic E-state index is 0.419. The summed E-state index contributed by atoms with van der Waals surface area (Å²) in [5, 5.41) is 0.419. The van der Waals surface area contributed by atoms with E-state index < -0.39 is 0 Å². The summed E-state index contributed by atoms with van der Waals surface area (Å²) >= 11 is 5.91. The van der Waals surface area contributed by atoms with Crippen LogP contribution in [0.4, 0.5) is 5.69 Å². The Bertz CT molecular complexity index is 329. The van der Waals surface area contributed by atoms with Gasteiger partial charge in [-0.3, -0.25) is 4.99 Å². The molecule has 0 spiro atoms. The molecule has 82 valence electrons. The van der Waals surface area contributed by atoms with Crippen LogP contribution >= 0.6 is 11.6 Å². The maximum Gasteiger partial charge on any atom is 0.158 e. The Kier molecular flexibility index (Phi) is 4.69. The Morgan fingerprint density at radius 1 is 1.53 bits per heavy atom. The smallest absolute Gasteiger partial charge is 0.158 e. The molecular formula is C11H16ClN3. The number of halogens is 1. The maximum absolute atomic E-state index is 5.91. The van der Waals surface area contributed by atoms with Crippen molar-refractivity contribution in [1.82, 2.24) is 9.97 Å². The van der Waals surface area contributed by atoms with Crippen LogP contribution in [-0.4, -0.2) is 16.2 Å². The van der Waals surface area contributed by atoms with E-state index in [0.29, 0.717) is 16.8 Å². The highest BCUT2D eigenvalue weighted by Gasteiger charge is 2.03. The van der Waals surface area contributed by atoms with E-state index in [1.165, 1.54) is 6.33 Å². The number of aromatic nitrogens is 2. The van der Waals surface area contributed by atoms with Crippen molar-refractivity contribution in [2.45, 2.75) is 33.6 Å². The summed E-state index contributed by atoms with van der Waals surface area (Å²) in [5.74, 6) is 0.650. The topological polar surface area (TPSA) is 38.1 Å². The molecule has 0 saturated heterocycles. The molecule has 0 amide bonds. The molecule has 0 fully saturated rings. The lowest BCUT2D eigenvalue weighted by molar-refractivity contribution is 0.592. The van der Waals surface area contributed by atoms with E-state index in [0.717, 1.165) is 18.5 Å². The third kappa shape index (κ3) is 3.59. The van der Waals surface area contributed by atoms with Gasteiger partial charge in [-0.1, -0.05) is 31.9 Å². The van der Waals surface area contributed by atoms with Crippen LogP contribution in [0.3, 0.4) is 0 Å². The van der Waals surface area contributed by atoms with Crippen LogP contribution in [-0.2, 0) is 0 Å². The standard InChI is InChI=1S/C11H16ClN3/c1-4-8(2)5-6-13-10-9(3)14-7-15-11(10)12/h6-8H,4-5H2,1-3H3. The maximum atomic E-state index is 5.91. The summed E-state index contributed by atoms with van der Waals surface area (Å²) < 4.78 is 0. The van der Waals surface area contributed by atoms with Gasteiger partial charge in [0.05, 0.1) is 5.69 Å². The summed E-state index contributed by atoms with van der Waals surface area (Å²) in [6.07, 6.45) is 5.46. The van der Waals surface area contributed by atoms with E-state index in [1.54, 1.807) is 0 Å². The second-order valence-electron chi connectivity index (χ2n) is 3.66. The van der Waals surface area contributed by atoms with Crippen LogP contribution in [0, 0.1) is 12.8 Å². The molecular weight excluding hydrogens is 210 g/mol. The van der Waals surface area contributed by atoms with Gasteiger partial charge in [-0.15, -0.1) is 0 Å². The van der Waals surface area contributed by atoms with E-state index in [4.69, 9.17) is 11.6 Å². The number of hydrogen-bond donors (Lipinski definition) is 0. The number of hydrogen-bond acceptors (Lipinski definition) is 3. The third-order valence-electron chi connectivity index (χ3n) is 2.39. The van der Waals surface area contributed by atoms with Gasteiger partial charge in [0, 0.05) is 6.21 Å². The fraction of sp³-hybridized carbons (Fsp3) is 0.545. The second-order valence-corrected chi connectivity index (χ2v) is 4.02. The molecule has 1 aromatic rings. The van der Waals surface area contributed by atoms with E-state index in [9.17, 15) is 0 Å². The number of aryl methyl sites for hydroxylation is 1.